The molecule has 0 spiro atoms. The number of thioether (sulfide) groups is 1. The maximum absolute atomic E-state index is 14.2. The number of nitrogens with zero attached hydrogens (tertiary/aromatic N) is 1. The van der Waals surface area contributed by atoms with E-state index in [0.717, 1.165) is 22.7 Å². The molecule has 0 radical (unpaired) electrons. The largest absolute Gasteiger partial charge is 0.333 e. The number of thiazole rings is 1. The van der Waals surface area contributed by atoms with E-state index in [1.54, 1.807) is 23.6 Å². The van der Waals surface area contributed by atoms with Gasteiger partial charge in [-0.15, -0.1) is 23.1 Å². The van der Waals surface area contributed by atoms with Gasteiger partial charge in [-0.25, -0.2) is 20.0 Å². The first-order chi connectivity index (χ1) is 10.7. The fourth-order valence-electron chi connectivity index (χ4n) is 2.20. The highest BCUT2D eigenvalue weighted by Gasteiger charge is 2.31. The van der Waals surface area contributed by atoms with Crippen LogP contribution in [0.15, 0.2) is 28.6 Å². The highest BCUT2D eigenvalue weighted by atomic mass is 32.2. The van der Waals surface area contributed by atoms with E-state index in [9.17, 15) is 9.18 Å². The Hall–Kier alpha value is -1.64. The van der Waals surface area contributed by atoms with Gasteiger partial charge >= 0.3 is 6.03 Å². The molecule has 8 heteroatoms. The Morgan fingerprint density at radius 2 is 2.32 bits per heavy atom. The van der Waals surface area contributed by atoms with Gasteiger partial charge in [-0.2, -0.15) is 0 Å². The summed E-state index contributed by atoms with van der Waals surface area (Å²) in [6.45, 7) is 0. The quantitative estimate of drug-likeness (QED) is 0.338. The average molecular weight is 338 g/mol. The maximum Gasteiger partial charge on any atom is 0.333 e. The van der Waals surface area contributed by atoms with Crippen molar-refractivity contribution in [2.75, 3.05) is 5.32 Å². The number of nitrogens with two attached hydrogens (primary N) is 1. The molecule has 0 atom stereocenters. The maximum atomic E-state index is 14.2. The number of halogens is 1. The van der Waals surface area contributed by atoms with Crippen LogP contribution in [-0.2, 0) is 5.75 Å². The second-order valence-corrected chi connectivity index (χ2v) is 6.89. The number of hydrazine groups is 1. The predicted octanol–water partition coefficient (Wildman–Crippen LogP) is 3.45. The zero-order chi connectivity index (χ0) is 15.5. The number of amides is 2. The molecule has 1 aliphatic carbocycles. The number of aromatic nitrogens is 1. The molecule has 5 nitrogen and oxygen atoms in total. The zero-order valence-corrected chi connectivity index (χ0v) is 13.3. The molecule has 0 saturated heterocycles. The molecule has 1 aromatic heterocycles. The van der Waals surface area contributed by atoms with Crippen molar-refractivity contribution in [2.24, 2.45) is 5.84 Å². The van der Waals surface area contributed by atoms with Gasteiger partial charge in [0, 0.05) is 22.0 Å². The summed E-state index contributed by atoms with van der Waals surface area (Å²) >= 11 is 3.05. The van der Waals surface area contributed by atoms with Crippen LogP contribution in [0.1, 0.15) is 29.3 Å². The minimum atomic E-state index is -0.524. The third-order valence-electron chi connectivity index (χ3n) is 3.33. The minimum Gasteiger partial charge on any atom is -0.306 e. The van der Waals surface area contributed by atoms with Crippen molar-refractivity contribution in [3.63, 3.8) is 0 Å². The molecule has 3 rings (SSSR count). The Labute approximate surface area is 135 Å². The minimum absolute atomic E-state index is 0.220. The molecular formula is C14H15FN4OS2. The molecule has 1 aliphatic rings. The molecule has 0 bridgehead atoms. The summed E-state index contributed by atoms with van der Waals surface area (Å²) in [6.07, 6.45) is 3.71. The van der Waals surface area contributed by atoms with Crippen molar-refractivity contribution < 1.29 is 9.18 Å². The molecule has 1 heterocycles. The number of benzene rings is 1. The Kier molecular flexibility index (Phi) is 4.60. The van der Waals surface area contributed by atoms with E-state index in [1.165, 1.54) is 17.8 Å². The van der Waals surface area contributed by atoms with Gasteiger partial charge in [0.1, 0.15) is 10.8 Å². The second-order valence-electron chi connectivity index (χ2n) is 4.92. The average Bonchev–Trinajstić information content (AvgIpc) is 3.22. The van der Waals surface area contributed by atoms with Gasteiger partial charge in [-0.1, -0.05) is 0 Å². The Balaban J connectivity index is 1.91. The van der Waals surface area contributed by atoms with Crippen LogP contribution in [-0.4, -0.2) is 11.0 Å². The molecule has 1 aromatic carbocycles. The van der Waals surface area contributed by atoms with Crippen molar-refractivity contribution in [3.05, 3.63) is 40.1 Å². The highest BCUT2D eigenvalue weighted by molar-refractivity contribution is 7.98. The van der Waals surface area contributed by atoms with Crippen LogP contribution >= 0.6 is 23.1 Å². The van der Waals surface area contributed by atoms with Crippen molar-refractivity contribution >= 4 is 34.8 Å². The lowest BCUT2D eigenvalue weighted by atomic mass is 10.1. The summed E-state index contributed by atoms with van der Waals surface area (Å²) in [5.41, 5.74) is 3.29. The number of anilines is 1. The summed E-state index contributed by atoms with van der Waals surface area (Å²) in [5, 5.41) is 5.53. The summed E-state index contributed by atoms with van der Waals surface area (Å²) < 4.78 is 14.2. The monoisotopic (exact) mass is 338 g/mol. The lowest BCUT2D eigenvalue weighted by Crippen LogP contribution is -2.34. The second kappa shape index (κ2) is 6.64. The van der Waals surface area contributed by atoms with Crippen LogP contribution in [0.5, 0.6) is 0 Å². The SMILES string of the molecule is NNC(=O)Nc1ccc(F)c(C2CC2)c1SCc1nccs1. The van der Waals surface area contributed by atoms with Crippen molar-refractivity contribution in [2.45, 2.75) is 29.4 Å². The van der Waals surface area contributed by atoms with Gasteiger partial charge in [-0.3, -0.25) is 5.43 Å². The van der Waals surface area contributed by atoms with Crippen molar-refractivity contribution in [3.8, 4) is 0 Å². The first kappa shape index (κ1) is 15.3. The Morgan fingerprint density at radius 1 is 1.50 bits per heavy atom. The molecule has 1 saturated carbocycles. The zero-order valence-electron chi connectivity index (χ0n) is 11.6. The number of hydrogen-bond donors (Lipinski definition) is 3. The number of urea groups is 1. The van der Waals surface area contributed by atoms with Gasteiger partial charge in [0.05, 0.1) is 11.4 Å². The fourth-order valence-corrected chi connectivity index (χ4v) is 4.08. The molecule has 116 valence electrons. The smallest absolute Gasteiger partial charge is 0.306 e. The third kappa shape index (κ3) is 3.40. The van der Waals surface area contributed by atoms with Crippen molar-refractivity contribution in [1.29, 1.82) is 0 Å². The third-order valence-corrected chi connectivity index (χ3v) is 5.44. The Bertz CT molecular complexity index is 674. The summed E-state index contributed by atoms with van der Waals surface area (Å²) in [5.74, 6) is 5.77. The van der Waals surface area contributed by atoms with Gasteiger partial charge < -0.3 is 5.32 Å². The van der Waals surface area contributed by atoms with E-state index in [2.05, 4.69) is 10.3 Å². The normalized spacial score (nSPS) is 13.9. The van der Waals surface area contributed by atoms with E-state index in [1.807, 2.05) is 10.8 Å². The van der Waals surface area contributed by atoms with E-state index < -0.39 is 6.03 Å². The Morgan fingerprint density at radius 3 is 2.95 bits per heavy atom. The molecule has 1 fully saturated rings. The molecule has 22 heavy (non-hydrogen) atoms. The van der Waals surface area contributed by atoms with E-state index in [4.69, 9.17) is 5.84 Å². The van der Waals surface area contributed by atoms with Crippen LogP contribution in [0.2, 0.25) is 0 Å². The van der Waals surface area contributed by atoms with Crippen LogP contribution < -0.4 is 16.6 Å². The van der Waals surface area contributed by atoms with Crippen molar-refractivity contribution in [1.82, 2.24) is 10.4 Å². The number of rotatable bonds is 5. The van der Waals surface area contributed by atoms with Gasteiger partial charge in [0.15, 0.2) is 0 Å². The van der Waals surface area contributed by atoms with Gasteiger partial charge in [-0.05, 0) is 30.9 Å². The van der Waals surface area contributed by atoms with Crippen LogP contribution in [0.3, 0.4) is 0 Å². The highest BCUT2D eigenvalue weighted by Crippen LogP contribution is 2.48. The lowest BCUT2D eigenvalue weighted by molar-refractivity contribution is 0.252. The number of carbonyl (C=O) groups is 1. The van der Waals surface area contributed by atoms with E-state index in [-0.39, 0.29) is 11.7 Å². The first-order valence-electron chi connectivity index (χ1n) is 6.80. The summed E-state index contributed by atoms with van der Waals surface area (Å²) in [6, 6.07) is 2.44. The summed E-state index contributed by atoms with van der Waals surface area (Å²) in [4.78, 5) is 16.5. The van der Waals surface area contributed by atoms with Crippen LogP contribution in [0, 0.1) is 5.82 Å². The number of carbonyl (C=O) groups excluding carboxylic acids is 1. The predicted molar refractivity (Wildman–Crippen MR) is 86.4 cm³/mol. The van der Waals surface area contributed by atoms with Gasteiger partial charge in [0.2, 0.25) is 0 Å². The molecular weight excluding hydrogens is 323 g/mol. The molecule has 0 unspecified atom stereocenters. The molecule has 0 aliphatic heterocycles. The lowest BCUT2D eigenvalue weighted by Gasteiger charge is -2.15. The summed E-state index contributed by atoms with van der Waals surface area (Å²) in [7, 11) is 0. The molecule has 4 N–H and O–H groups in total. The fraction of sp³-hybridized carbons (Fsp3) is 0.286. The van der Waals surface area contributed by atoms with Crippen LogP contribution in [0.4, 0.5) is 14.9 Å². The molecule has 2 amide bonds. The van der Waals surface area contributed by atoms with Gasteiger partial charge in [0.25, 0.3) is 0 Å². The van der Waals surface area contributed by atoms with Crippen LogP contribution in [0.25, 0.3) is 0 Å². The standard InChI is InChI=1S/C14H15FN4OS2/c15-9-3-4-10(18-14(20)19-16)13(12(9)8-1-2-8)22-7-11-17-5-6-21-11/h3-6,8H,1-2,7,16H2,(H2,18,19,20). The first-order valence-corrected chi connectivity index (χ1v) is 8.66. The molecule has 2 aromatic rings. The van der Waals surface area contributed by atoms with E-state index >= 15 is 0 Å². The number of nitrogens with one attached hydrogen (secondary N) is 2. The topological polar surface area (TPSA) is 80.0 Å². The number of hydrogen-bond acceptors (Lipinski definition) is 5. The van der Waals surface area contributed by atoms with E-state index in [0.29, 0.717) is 17.0 Å².